The predicted molar refractivity (Wildman–Crippen MR) is 200 cm³/mol. The van der Waals surface area contributed by atoms with Gasteiger partial charge in [0.05, 0.1) is 25.4 Å². The minimum absolute atomic E-state index is 0.0225. The number of unbranched alkanes of at least 4 members (excludes halogenated alkanes) is 26. The van der Waals surface area contributed by atoms with Crippen molar-refractivity contribution in [2.45, 2.75) is 225 Å². The van der Waals surface area contributed by atoms with Crippen molar-refractivity contribution >= 4 is 11.9 Å². The number of allylic oxidation sites excluding steroid dienone is 1. The van der Waals surface area contributed by atoms with Crippen LogP contribution < -0.4 is 5.32 Å². The second-order valence-corrected chi connectivity index (χ2v) is 14.0. The fourth-order valence-corrected chi connectivity index (χ4v) is 6.10. The highest BCUT2D eigenvalue weighted by molar-refractivity contribution is 5.76. The summed E-state index contributed by atoms with van der Waals surface area (Å²) in [5.41, 5.74) is 0. The normalized spacial score (nSPS) is 12.9. The van der Waals surface area contributed by atoms with Gasteiger partial charge in [-0.2, -0.15) is 0 Å². The van der Waals surface area contributed by atoms with E-state index in [0.29, 0.717) is 19.4 Å². The number of ether oxygens (including phenoxy) is 1. The molecule has 0 fully saturated rings. The van der Waals surface area contributed by atoms with E-state index in [1.54, 1.807) is 6.08 Å². The zero-order chi connectivity index (χ0) is 34.5. The molecule has 2 atom stereocenters. The van der Waals surface area contributed by atoms with Gasteiger partial charge < -0.3 is 20.3 Å². The Morgan fingerprint density at radius 2 is 0.979 bits per heavy atom. The number of hydrogen-bond acceptors (Lipinski definition) is 5. The third-order valence-electron chi connectivity index (χ3n) is 9.31. The highest BCUT2D eigenvalue weighted by Gasteiger charge is 2.18. The molecule has 0 spiro atoms. The number of aliphatic hydroxyl groups is 2. The maximum absolute atomic E-state index is 12.3. The molecular formula is C41H79NO5. The Bertz CT molecular complexity index is 697. The molecule has 0 aromatic carbocycles. The molecule has 0 aliphatic rings. The molecule has 1 amide bonds. The number of carbonyl (C=O) groups excluding carboxylic acids is 2. The van der Waals surface area contributed by atoms with Crippen LogP contribution in [0.5, 0.6) is 0 Å². The van der Waals surface area contributed by atoms with Crippen LogP contribution in [0.25, 0.3) is 0 Å². The van der Waals surface area contributed by atoms with Crippen molar-refractivity contribution in [2.24, 2.45) is 0 Å². The van der Waals surface area contributed by atoms with E-state index in [9.17, 15) is 19.8 Å². The van der Waals surface area contributed by atoms with Gasteiger partial charge in [0.1, 0.15) is 0 Å². The fraction of sp³-hybridized carbons (Fsp3) is 0.902. The second-order valence-electron chi connectivity index (χ2n) is 14.0. The Kier molecular flexibility index (Phi) is 36.3. The summed E-state index contributed by atoms with van der Waals surface area (Å²) < 4.78 is 5.42. The first-order valence-corrected chi connectivity index (χ1v) is 20.5. The highest BCUT2D eigenvalue weighted by atomic mass is 16.5. The third-order valence-corrected chi connectivity index (χ3v) is 9.31. The van der Waals surface area contributed by atoms with Gasteiger partial charge in [-0.15, -0.1) is 0 Å². The van der Waals surface area contributed by atoms with Crippen molar-refractivity contribution in [2.75, 3.05) is 13.2 Å². The van der Waals surface area contributed by atoms with Crippen molar-refractivity contribution in [3.63, 3.8) is 0 Å². The molecule has 0 heterocycles. The molecular weight excluding hydrogens is 586 g/mol. The average Bonchev–Trinajstić information content (AvgIpc) is 3.07. The first-order chi connectivity index (χ1) is 23.0. The van der Waals surface area contributed by atoms with E-state index in [0.717, 1.165) is 57.8 Å². The first-order valence-electron chi connectivity index (χ1n) is 20.5. The summed E-state index contributed by atoms with van der Waals surface area (Å²) in [6.07, 6.45) is 39.0. The zero-order valence-electron chi connectivity index (χ0n) is 31.3. The van der Waals surface area contributed by atoms with E-state index in [2.05, 4.69) is 19.2 Å². The maximum Gasteiger partial charge on any atom is 0.305 e. The van der Waals surface area contributed by atoms with Crippen molar-refractivity contribution in [1.82, 2.24) is 5.32 Å². The topological polar surface area (TPSA) is 95.9 Å². The Morgan fingerprint density at radius 3 is 1.45 bits per heavy atom. The monoisotopic (exact) mass is 666 g/mol. The van der Waals surface area contributed by atoms with Gasteiger partial charge in [-0.05, 0) is 32.1 Å². The summed E-state index contributed by atoms with van der Waals surface area (Å²) in [7, 11) is 0. The van der Waals surface area contributed by atoms with Crippen LogP contribution in [0.2, 0.25) is 0 Å². The van der Waals surface area contributed by atoms with Crippen LogP contribution in [0.15, 0.2) is 12.2 Å². The van der Waals surface area contributed by atoms with Crippen LogP contribution in [0.1, 0.15) is 213 Å². The minimum atomic E-state index is -0.854. The van der Waals surface area contributed by atoms with Crippen LogP contribution in [0, 0.1) is 0 Å². The number of aliphatic hydroxyl groups excluding tert-OH is 2. The molecule has 3 N–H and O–H groups in total. The molecule has 0 aliphatic heterocycles. The molecule has 0 aromatic rings. The summed E-state index contributed by atoms with van der Waals surface area (Å²) in [6, 6.07) is -0.640. The van der Waals surface area contributed by atoms with Gasteiger partial charge in [-0.3, -0.25) is 9.59 Å². The second kappa shape index (κ2) is 37.4. The number of amides is 1. The summed E-state index contributed by atoms with van der Waals surface area (Å²) in [5, 5.41) is 22.8. The number of hydrogen-bond donors (Lipinski definition) is 3. The molecule has 0 radical (unpaired) electrons. The molecule has 0 aromatic heterocycles. The molecule has 0 rings (SSSR count). The molecule has 278 valence electrons. The van der Waals surface area contributed by atoms with Crippen molar-refractivity contribution in [3.8, 4) is 0 Å². The van der Waals surface area contributed by atoms with Gasteiger partial charge >= 0.3 is 5.97 Å². The van der Waals surface area contributed by atoms with Crippen LogP contribution >= 0.6 is 0 Å². The summed E-state index contributed by atoms with van der Waals surface area (Å²) >= 11 is 0. The number of carbonyl (C=O) groups is 2. The van der Waals surface area contributed by atoms with Crippen molar-refractivity contribution in [1.29, 1.82) is 0 Å². The Balaban J connectivity index is 3.51. The molecule has 0 saturated heterocycles. The lowest BCUT2D eigenvalue weighted by molar-refractivity contribution is -0.143. The largest absolute Gasteiger partial charge is 0.466 e. The van der Waals surface area contributed by atoms with Crippen LogP contribution in [0.4, 0.5) is 0 Å². The van der Waals surface area contributed by atoms with Gasteiger partial charge in [0.2, 0.25) is 5.91 Å². The predicted octanol–water partition coefficient (Wildman–Crippen LogP) is 11.1. The lowest BCUT2D eigenvalue weighted by Crippen LogP contribution is -2.45. The zero-order valence-corrected chi connectivity index (χ0v) is 31.3. The standard InChI is InChI=1S/C41H79NO5/c1-3-5-7-9-11-13-14-19-23-27-31-35-41(46)47-36-32-28-24-20-16-15-18-22-26-30-34-40(45)42-38(37-43)39(44)33-29-25-21-17-12-10-8-6-4-2/h29,33,38-39,43-44H,3-28,30-32,34-37H2,1-2H3,(H,42,45)/b33-29+. The van der Waals surface area contributed by atoms with E-state index in [-0.39, 0.29) is 18.5 Å². The van der Waals surface area contributed by atoms with Crippen LogP contribution in [0.3, 0.4) is 0 Å². The lowest BCUT2D eigenvalue weighted by Gasteiger charge is -2.20. The molecule has 2 unspecified atom stereocenters. The molecule has 6 nitrogen and oxygen atoms in total. The highest BCUT2D eigenvalue weighted by Crippen LogP contribution is 2.14. The van der Waals surface area contributed by atoms with E-state index in [1.807, 2.05) is 6.08 Å². The SMILES string of the molecule is CCCCCCCCC/C=C/C(O)C(CO)NC(=O)CCCCCCCCCCCCOC(=O)CCCCCCCCCCCCC. The molecule has 47 heavy (non-hydrogen) atoms. The Morgan fingerprint density at radius 1 is 0.574 bits per heavy atom. The van der Waals surface area contributed by atoms with Gasteiger partial charge in [0.25, 0.3) is 0 Å². The van der Waals surface area contributed by atoms with E-state index in [1.165, 1.54) is 128 Å². The quantitative estimate of drug-likeness (QED) is 0.0349. The summed E-state index contributed by atoms with van der Waals surface area (Å²) in [4.78, 5) is 24.2. The lowest BCUT2D eigenvalue weighted by atomic mass is 10.1. The number of nitrogens with one attached hydrogen (secondary N) is 1. The van der Waals surface area contributed by atoms with Crippen molar-refractivity contribution in [3.05, 3.63) is 12.2 Å². The van der Waals surface area contributed by atoms with Gasteiger partial charge in [0.15, 0.2) is 0 Å². The van der Waals surface area contributed by atoms with Gasteiger partial charge in [-0.25, -0.2) is 0 Å². The average molecular weight is 666 g/mol. The molecule has 6 heteroatoms. The number of esters is 1. The smallest absolute Gasteiger partial charge is 0.305 e. The van der Waals surface area contributed by atoms with Crippen molar-refractivity contribution < 1.29 is 24.5 Å². The Hall–Kier alpha value is -1.40. The van der Waals surface area contributed by atoms with E-state index >= 15 is 0 Å². The molecule has 0 saturated carbocycles. The Labute approximate surface area is 291 Å². The maximum atomic E-state index is 12.3. The van der Waals surface area contributed by atoms with E-state index < -0.39 is 12.1 Å². The third kappa shape index (κ3) is 34.3. The first kappa shape index (κ1) is 45.6. The summed E-state index contributed by atoms with van der Waals surface area (Å²) in [6.45, 7) is 4.80. The van der Waals surface area contributed by atoms with Crippen LogP contribution in [-0.4, -0.2) is 47.4 Å². The fourth-order valence-electron chi connectivity index (χ4n) is 6.10. The summed E-state index contributed by atoms with van der Waals surface area (Å²) in [5.74, 6) is -0.117. The molecule has 0 bridgehead atoms. The van der Waals surface area contributed by atoms with Gasteiger partial charge in [0, 0.05) is 12.8 Å². The molecule has 0 aliphatic carbocycles. The van der Waals surface area contributed by atoms with Gasteiger partial charge in [-0.1, -0.05) is 180 Å². The van der Waals surface area contributed by atoms with E-state index in [4.69, 9.17) is 4.74 Å². The minimum Gasteiger partial charge on any atom is -0.466 e. The number of rotatable bonds is 37. The van der Waals surface area contributed by atoms with Crippen LogP contribution in [-0.2, 0) is 14.3 Å².